The summed E-state index contributed by atoms with van der Waals surface area (Å²) in [5, 5.41) is 6.32. The summed E-state index contributed by atoms with van der Waals surface area (Å²) in [7, 11) is 0. The SMILES string of the molecule is O=C(NCc1cc2ccccc2[nH]c1=O)Nc1ccccc1. The molecule has 5 heteroatoms. The van der Waals surface area contributed by atoms with Gasteiger partial charge in [0, 0.05) is 23.3 Å². The van der Waals surface area contributed by atoms with Crippen molar-refractivity contribution in [2.75, 3.05) is 5.32 Å². The van der Waals surface area contributed by atoms with Gasteiger partial charge >= 0.3 is 6.03 Å². The lowest BCUT2D eigenvalue weighted by Gasteiger charge is -2.08. The lowest BCUT2D eigenvalue weighted by Crippen LogP contribution is -2.30. The van der Waals surface area contributed by atoms with Crippen molar-refractivity contribution in [3.05, 3.63) is 76.6 Å². The number of hydrogen-bond donors (Lipinski definition) is 3. The number of H-pyrrole nitrogens is 1. The molecule has 0 saturated heterocycles. The van der Waals surface area contributed by atoms with Crippen molar-refractivity contribution in [2.45, 2.75) is 6.54 Å². The molecule has 0 radical (unpaired) electrons. The summed E-state index contributed by atoms with van der Waals surface area (Å²) >= 11 is 0. The number of carbonyl (C=O) groups is 1. The minimum Gasteiger partial charge on any atom is -0.334 e. The maximum Gasteiger partial charge on any atom is 0.319 e. The van der Waals surface area contributed by atoms with Gasteiger partial charge in [-0.1, -0.05) is 36.4 Å². The zero-order valence-corrected chi connectivity index (χ0v) is 11.8. The maximum absolute atomic E-state index is 12.0. The van der Waals surface area contributed by atoms with Crippen molar-refractivity contribution in [3.63, 3.8) is 0 Å². The number of rotatable bonds is 3. The fourth-order valence-electron chi connectivity index (χ4n) is 2.20. The summed E-state index contributed by atoms with van der Waals surface area (Å²) < 4.78 is 0. The van der Waals surface area contributed by atoms with Crippen molar-refractivity contribution < 1.29 is 4.79 Å². The normalized spacial score (nSPS) is 10.4. The first-order chi connectivity index (χ1) is 10.7. The summed E-state index contributed by atoms with van der Waals surface area (Å²) in [6, 6.07) is 18.1. The second kappa shape index (κ2) is 6.13. The molecule has 2 aromatic carbocycles. The molecule has 3 rings (SSSR count). The van der Waals surface area contributed by atoms with Gasteiger partial charge in [-0.3, -0.25) is 4.79 Å². The third kappa shape index (κ3) is 3.15. The predicted octanol–water partition coefficient (Wildman–Crippen LogP) is 2.85. The molecular formula is C17H15N3O2. The largest absolute Gasteiger partial charge is 0.334 e. The molecular weight excluding hydrogens is 278 g/mol. The van der Waals surface area contributed by atoms with Gasteiger partial charge in [0.1, 0.15) is 0 Å². The number of aromatic nitrogens is 1. The van der Waals surface area contributed by atoms with Crippen LogP contribution in [0.5, 0.6) is 0 Å². The Morgan fingerprint density at radius 1 is 1.00 bits per heavy atom. The van der Waals surface area contributed by atoms with Crippen LogP contribution in [-0.2, 0) is 6.54 Å². The predicted molar refractivity (Wildman–Crippen MR) is 86.9 cm³/mol. The fourth-order valence-corrected chi connectivity index (χ4v) is 2.20. The summed E-state index contributed by atoms with van der Waals surface area (Å²) in [4.78, 5) is 26.6. The molecule has 5 nitrogen and oxygen atoms in total. The van der Waals surface area contributed by atoms with Crippen LogP contribution in [-0.4, -0.2) is 11.0 Å². The molecule has 0 unspecified atom stereocenters. The monoisotopic (exact) mass is 293 g/mol. The smallest absolute Gasteiger partial charge is 0.319 e. The van der Waals surface area contributed by atoms with E-state index in [-0.39, 0.29) is 18.1 Å². The van der Waals surface area contributed by atoms with Crippen molar-refractivity contribution in [2.24, 2.45) is 0 Å². The van der Waals surface area contributed by atoms with Crippen LogP contribution in [0, 0.1) is 0 Å². The van der Waals surface area contributed by atoms with E-state index in [0.717, 1.165) is 10.9 Å². The highest BCUT2D eigenvalue weighted by Crippen LogP contribution is 2.10. The summed E-state index contributed by atoms with van der Waals surface area (Å²) in [6.07, 6.45) is 0. The zero-order valence-electron chi connectivity index (χ0n) is 11.8. The molecule has 1 heterocycles. The molecule has 0 spiro atoms. The minimum absolute atomic E-state index is 0.166. The number of nitrogens with one attached hydrogen (secondary N) is 3. The molecule has 3 N–H and O–H groups in total. The fraction of sp³-hybridized carbons (Fsp3) is 0.0588. The van der Waals surface area contributed by atoms with Crippen molar-refractivity contribution in [1.29, 1.82) is 0 Å². The average molecular weight is 293 g/mol. The lowest BCUT2D eigenvalue weighted by atomic mass is 10.1. The molecule has 22 heavy (non-hydrogen) atoms. The van der Waals surface area contributed by atoms with Crippen LogP contribution in [0.25, 0.3) is 10.9 Å². The molecule has 0 aliphatic carbocycles. The average Bonchev–Trinajstić information content (AvgIpc) is 2.54. The van der Waals surface area contributed by atoms with Gasteiger partial charge in [0.2, 0.25) is 0 Å². The van der Waals surface area contributed by atoms with E-state index in [1.807, 2.05) is 42.5 Å². The quantitative estimate of drug-likeness (QED) is 0.694. The number of hydrogen-bond acceptors (Lipinski definition) is 2. The highest BCUT2D eigenvalue weighted by atomic mass is 16.2. The Morgan fingerprint density at radius 2 is 1.73 bits per heavy atom. The number of benzene rings is 2. The van der Waals surface area contributed by atoms with Gasteiger partial charge in [0.05, 0.1) is 0 Å². The number of para-hydroxylation sites is 2. The van der Waals surface area contributed by atoms with E-state index >= 15 is 0 Å². The van der Waals surface area contributed by atoms with Crippen molar-refractivity contribution in [3.8, 4) is 0 Å². The van der Waals surface area contributed by atoms with Gasteiger partial charge in [-0.25, -0.2) is 4.79 Å². The summed E-state index contributed by atoms with van der Waals surface area (Å²) in [5.74, 6) is 0. The van der Waals surface area contributed by atoms with E-state index in [4.69, 9.17) is 0 Å². The van der Waals surface area contributed by atoms with Gasteiger partial charge in [-0.05, 0) is 29.7 Å². The van der Waals surface area contributed by atoms with E-state index in [0.29, 0.717) is 11.3 Å². The van der Waals surface area contributed by atoms with Crippen LogP contribution in [0.15, 0.2) is 65.5 Å². The van der Waals surface area contributed by atoms with Crippen LogP contribution in [0.1, 0.15) is 5.56 Å². The number of urea groups is 1. The van der Waals surface area contributed by atoms with E-state index in [1.54, 1.807) is 18.2 Å². The molecule has 3 aromatic rings. The van der Waals surface area contributed by atoms with Crippen LogP contribution in [0.3, 0.4) is 0 Å². The third-order valence-corrected chi connectivity index (χ3v) is 3.30. The van der Waals surface area contributed by atoms with Crippen molar-refractivity contribution in [1.82, 2.24) is 10.3 Å². The van der Waals surface area contributed by atoms with Gasteiger partial charge in [-0.15, -0.1) is 0 Å². The van der Waals surface area contributed by atoms with Gasteiger partial charge in [0.15, 0.2) is 0 Å². The summed E-state index contributed by atoms with van der Waals surface area (Å²) in [5.41, 5.74) is 1.80. The number of fused-ring (bicyclic) bond motifs is 1. The third-order valence-electron chi connectivity index (χ3n) is 3.30. The molecule has 0 atom stereocenters. The Kier molecular flexibility index (Phi) is 3.87. The van der Waals surface area contributed by atoms with Crippen LogP contribution < -0.4 is 16.2 Å². The van der Waals surface area contributed by atoms with Crippen LogP contribution >= 0.6 is 0 Å². The van der Waals surface area contributed by atoms with Crippen molar-refractivity contribution >= 4 is 22.6 Å². The van der Waals surface area contributed by atoms with Crippen LogP contribution in [0.2, 0.25) is 0 Å². The first-order valence-electron chi connectivity index (χ1n) is 6.93. The first-order valence-corrected chi connectivity index (χ1v) is 6.93. The van der Waals surface area contributed by atoms with E-state index in [1.165, 1.54) is 0 Å². The highest BCUT2D eigenvalue weighted by Gasteiger charge is 2.05. The lowest BCUT2D eigenvalue weighted by molar-refractivity contribution is 0.251. The minimum atomic E-state index is -0.348. The van der Waals surface area contributed by atoms with E-state index in [2.05, 4.69) is 15.6 Å². The van der Waals surface area contributed by atoms with Crippen LogP contribution in [0.4, 0.5) is 10.5 Å². The molecule has 0 aliphatic heterocycles. The number of aromatic amines is 1. The Morgan fingerprint density at radius 3 is 2.55 bits per heavy atom. The Hall–Kier alpha value is -3.08. The van der Waals surface area contributed by atoms with E-state index < -0.39 is 0 Å². The zero-order chi connectivity index (χ0) is 15.4. The number of anilines is 1. The number of amides is 2. The summed E-state index contributed by atoms with van der Waals surface area (Å²) in [6.45, 7) is 0.166. The Labute approximate surface area is 127 Å². The van der Waals surface area contributed by atoms with E-state index in [9.17, 15) is 9.59 Å². The standard InChI is InChI=1S/C17H15N3O2/c21-16-13(10-12-6-4-5-9-15(12)20-16)11-18-17(22)19-14-7-2-1-3-8-14/h1-10H,11H2,(H,20,21)(H2,18,19,22). The van der Waals surface area contributed by atoms with Gasteiger partial charge < -0.3 is 15.6 Å². The topological polar surface area (TPSA) is 74.0 Å². The maximum atomic E-state index is 12.0. The molecule has 0 fully saturated rings. The van der Waals surface area contributed by atoms with Gasteiger partial charge in [0.25, 0.3) is 5.56 Å². The number of pyridine rings is 1. The van der Waals surface area contributed by atoms with Gasteiger partial charge in [-0.2, -0.15) is 0 Å². The number of carbonyl (C=O) groups excluding carboxylic acids is 1. The first kappa shape index (κ1) is 13.9. The molecule has 110 valence electrons. The molecule has 1 aromatic heterocycles. The second-order valence-corrected chi connectivity index (χ2v) is 4.88. The highest BCUT2D eigenvalue weighted by molar-refractivity contribution is 5.89. The second-order valence-electron chi connectivity index (χ2n) is 4.88. The molecule has 2 amide bonds. The Balaban J connectivity index is 1.70. The molecule has 0 bridgehead atoms. The molecule has 0 saturated carbocycles. The molecule has 0 aliphatic rings. The Bertz CT molecular complexity index is 856.